The third-order valence-electron chi connectivity index (χ3n) is 7.26. The van der Waals surface area contributed by atoms with Crippen LogP contribution in [-0.2, 0) is 22.7 Å². The molecule has 29 heavy (non-hydrogen) atoms. The summed E-state index contributed by atoms with van der Waals surface area (Å²) in [4.78, 5) is 41.0. The van der Waals surface area contributed by atoms with Gasteiger partial charge >= 0.3 is 0 Å². The van der Waals surface area contributed by atoms with Crippen molar-refractivity contribution in [3.8, 4) is 0 Å². The number of likely N-dealkylation sites (tertiary alicyclic amines) is 1. The van der Waals surface area contributed by atoms with Crippen LogP contribution in [0.2, 0.25) is 0 Å². The summed E-state index contributed by atoms with van der Waals surface area (Å²) in [5, 5.41) is 2.36. The number of piperidine rings is 2. The van der Waals surface area contributed by atoms with Crippen molar-refractivity contribution in [2.24, 2.45) is 11.7 Å². The van der Waals surface area contributed by atoms with Crippen LogP contribution in [0.5, 0.6) is 0 Å². The molecule has 3 N–H and O–H groups in total. The molecule has 1 atom stereocenters. The average Bonchev–Trinajstić information content (AvgIpc) is 3.36. The van der Waals surface area contributed by atoms with Gasteiger partial charge in [-0.3, -0.25) is 24.6 Å². The predicted molar refractivity (Wildman–Crippen MR) is 107 cm³/mol. The second kappa shape index (κ2) is 6.92. The summed E-state index contributed by atoms with van der Waals surface area (Å²) in [5.41, 5.74) is 9.25. The van der Waals surface area contributed by atoms with Crippen LogP contribution in [0.25, 0.3) is 0 Å². The molecule has 1 unspecified atom stereocenters. The van der Waals surface area contributed by atoms with Gasteiger partial charge in [0.1, 0.15) is 6.04 Å². The topological polar surface area (TPSA) is 95.7 Å². The van der Waals surface area contributed by atoms with Crippen LogP contribution in [0.15, 0.2) is 18.2 Å². The van der Waals surface area contributed by atoms with Crippen molar-refractivity contribution in [3.63, 3.8) is 0 Å². The van der Waals surface area contributed by atoms with E-state index >= 15 is 0 Å². The first-order valence-corrected chi connectivity index (χ1v) is 10.7. The van der Waals surface area contributed by atoms with Crippen LogP contribution in [0.4, 0.5) is 0 Å². The lowest BCUT2D eigenvalue weighted by Gasteiger charge is -2.35. The van der Waals surface area contributed by atoms with E-state index in [2.05, 4.69) is 10.2 Å². The maximum absolute atomic E-state index is 13.2. The number of benzene rings is 1. The van der Waals surface area contributed by atoms with E-state index in [1.807, 2.05) is 18.2 Å². The molecular weight excluding hydrogens is 368 g/mol. The molecule has 3 aliphatic heterocycles. The van der Waals surface area contributed by atoms with Gasteiger partial charge in [-0.05, 0) is 62.2 Å². The molecule has 4 aliphatic rings. The standard InChI is InChI=1S/C22H28N4O3/c23-22(8-9-22)16-6-10-25(11-7-16)12-14-2-1-3-15-13-26(21(29)19(14)15)17-4-5-18(27)24-20(17)28/h1-3,16-17H,4-13,23H2,(H,24,27,28). The Kier molecular flexibility index (Phi) is 4.47. The molecule has 7 nitrogen and oxygen atoms in total. The van der Waals surface area contributed by atoms with Crippen molar-refractivity contribution < 1.29 is 14.4 Å². The van der Waals surface area contributed by atoms with Crippen molar-refractivity contribution in [1.29, 1.82) is 0 Å². The monoisotopic (exact) mass is 396 g/mol. The van der Waals surface area contributed by atoms with E-state index in [9.17, 15) is 14.4 Å². The number of amides is 3. The highest BCUT2D eigenvalue weighted by Crippen LogP contribution is 2.44. The van der Waals surface area contributed by atoms with E-state index in [0.717, 1.165) is 62.0 Å². The van der Waals surface area contributed by atoms with Crippen molar-refractivity contribution in [2.45, 2.75) is 63.2 Å². The fourth-order valence-electron chi connectivity index (χ4n) is 5.28. The second-order valence-corrected chi connectivity index (χ2v) is 9.13. The molecule has 0 bridgehead atoms. The van der Waals surface area contributed by atoms with Gasteiger partial charge in [-0.25, -0.2) is 0 Å². The Balaban J connectivity index is 1.29. The average molecular weight is 396 g/mol. The van der Waals surface area contributed by atoms with Gasteiger partial charge < -0.3 is 10.6 Å². The molecule has 1 aromatic carbocycles. The smallest absolute Gasteiger partial charge is 0.255 e. The summed E-state index contributed by atoms with van der Waals surface area (Å²) in [6.07, 6.45) is 5.25. The minimum absolute atomic E-state index is 0.0844. The molecule has 0 aromatic heterocycles. The number of nitrogens with zero attached hydrogens (tertiary/aromatic N) is 2. The molecule has 3 heterocycles. The quantitative estimate of drug-likeness (QED) is 0.745. The molecule has 3 fully saturated rings. The van der Waals surface area contributed by atoms with Crippen LogP contribution in [-0.4, -0.2) is 52.2 Å². The van der Waals surface area contributed by atoms with Crippen molar-refractivity contribution in [2.75, 3.05) is 13.1 Å². The van der Waals surface area contributed by atoms with Gasteiger partial charge in [0.25, 0.3) is 5.91 Å². The lowest BCUT2D eigenvalue weighted by Crippen LogP contribution is -2.52. The fourth-order valence-corrected chi connectivity index (χ4v) is 5.28. The van der Waals surface area contributed by atoms with Gasteiger partial charge in [0, 0.05) is 30.6 Å². The number of hydrogen-bond donors (Lipinski definition) is 2. The lowest BCUT2D eigenvalue weighted by molar-refractivity contribution is -0.136. The second-order valence-electron chi connectivity index (χ2n) is 9.13. The highest BCUT2D eigenvalue weighted by atomic mass is 16.2. The molecule has 3 amide bonds. The highest BCUT2D eigenvalue weighted by Gasteiger charge is 2.46. The molecule has 154 valence electrons. The third kappa shape index (κ3) is 3.36. The van der Waals surface area contributed by atoms with E-state index in [1.54, 1.807) is 4.90 Å². The number of carbonyl (C=O) groups excluding carboxylic acids is 3. The first-order chi connectivity index (χ1) is 13.9. The zero-order valence-corrected chi connectivity index (χ0v) is 16.7. The number of carbonyl (C=O) groups is 3. The summed E-state index contributed by atoms with van der Waals surface area (Å²) >= 11 is 0. The summed E-state index contributed by atoms with van der Waals surface area (Å²) in [6.45, 7) is 3.21. The van der Waals surface area contributed by atoms with Gasteiger partial charge in [0.05, 0.1) is 0 Å². The molecular formula is C22H28N4O3. The molecule has 1 saturated carbocycles. The normalized spacial score (nSPS) is 27.1. The van der Waals surface area contributed by atoms with Gasteiger partial charge in [-0.15, -0.1) is 0 Å². The Morgan fingerprint density at radius 3 is 2.55 bits per heavy atom. The minimum Gasteiger partial charge on any atom is -0.325 e. The molecule has 5 rings (SSSR count). The van der Waals surface area contributed by atoms with Crippen molar-refractivity contribution in [3.05, 3.63) is 34.9 Å². The minimum atomic E-state index is -0.560. The molecule has 0 radical (unpaired) electrons. The predicted octanol–water partition coefficient (Wildman–Crippen LogP) is 1.15. The van der Waals surface area contributed by atoms with Crippen LogP contribution in [0, 0.1) is 5.92 Å². The largest absolute Gasteiger partial charge is 0.325 e. The van der Waals surface area contributed by atoms with Crippen molar-refractivity contribution in [1.82, 2.24) is 15.1 Å². The number of rotatable bonds is 4. The number of hydrogen-bond acceptors (Lipinski definition) is 5. The molecule has 0 spiro atoms. The van der Waals surface area contributed by atoms with E-state index in [1.165, 1.54) is 0 Å². The van der Waals surface area contributed by atoms with E-state index < -0.39 is 6.04 Å². The van der Waals surface area contributed by atoms with Gasteiger partial charge in [-0.1, -0.05) is 18.2 Å². The Morgan fingerprint density at radius 1 is 1.10 bits per heavy atom. The summed E-state index contributed by atoms with van der Waals surface area (Å²) in [5.74, 6) is -0.0736. The number of nitrogens with one attached hydrogen (secondary N) is 1. The Hall–Kier alpha value is -2.25. The molecule has 1 aliphatic carbocycles. The Bertz CT molecular complexity index is 871. The fraction of sp³-hybridized carbons (Fsp3) is 0.591. The third-order valence-corrected chi connectivity index (χ3v) is 7.26. The molecule has 2 saturated heterocycles. The van der Waals surface area contributed by atoms with Crippen LogP contribution < -0.4 is 11.1 Å². The summed E-state index contributed by atoms with van der Waals surface area (Å²) in [7, 11) is 0. The molecule has 1 aromatic rings. The van der Waals surface area contributed by atoms with Crippen LogP contribution in [0.1, 0.15) is 60.0 Å². The van der Waals surface area contributed by atoms with Gasteiger partial charge in [0.15, 0.2) is 0 Å². The SMILES string of the molecule is NC1(C2CCN(Cc3cccc4c3C(=O)N(C3CCC(=O)NC3=O)C4)CC2)CC1. The first-order valence-electron chi connectivity index (χ1n) is 10.7. The maximum Gasteiger partial charge on any atom is 0.255 e. The zero-order chi connectivity index (χ0) is 20.2. The van der Waals surface area contributed by atoms with E-state index in [-0.39, 0.29) is 29.7 Å². The highest BCUT2D eigenvalue weighted by molar-refractivity contribution is 6.05. The summed E-state index contributed by atoms with van der Waals surface area (Å²) in [6, 6.07) is 5.44. The van der Waals surface area contributed by atoms with E-state index in [0.29, 0.717) is 18.9 Å². The first kappa shape index (κ1) is 18.8. The Labute approximate surface area is 170 Å². The van der Waals surface area contributed by atoms with Gasteiger partial charge in [0.2, 0.25) is 11.8 Å². The molecule has 7 heteroatoms. The van der Waals surface area contributed by atoms with Crippen LogP contribution in [0.3, 0.4) is 0 Å². The number of fused-ring (bicyclic) bond motifs is 1. The van der Waals surface area contributed by atoms with Crippen LogP contribution >= 0.6 is 0 Å². The maximum atomic E-state index is 13.2. The van der Waals surface area contributed by atoms with Gasteiger partial charge in [-0.2, -0.15) is 0 Å². The van der Waals surface area contributed by atoms with E-state index in [4.69, 9.17) is 5.73 Å². The lowest BCUT2D eigenvalue weighted by atomic mass is 9.87. The Morgan fingerprint density at radius 2 is 1.86 bits per heavy atom. The number of imide groups is 1. The zero-order valence-electron chi connectivity index (χ0n) is 16.7. The van der Waals surface area contributed by atoms with Crippen molar-refractivity contribution >= 4 is 17.7 Å². The summed E-state index contributed by atoms with van der Waals surface area (Å²) < 4.78 is 0. The number of nitrogens with two attached hydrogens (primary N) is 1.